The van der Waals surface area contributed by atoms with Crippen LogP contribution in [0.1, 0.15) is 105 Å². The van der Waals surface area contributed by atoms with Crippen molar-refractivity contribution in [2.24, 2.45) is 23.7 Å². The van der Waals surface area contributed by atoms with Crippen molar-refractivity contribution in [1.82, 2.24) is 30.2 Å². The summed E-state index contributed by atoms with van der Waals surface area (Å²) in [5, 5.41) is 6.08. The number of thiocarbonyl (C=S) groups is 1. The second-order valence-electron chi connectivity index (χ2n) is 18.0. The van der Waals surface area contributed by atoms with Crippen LogP contribution in [-0.2, 0) is 44.7 Å². The number of ether oxygens (including phenoxy) is 2. The summed E-state index contributed by atoms with van der Waals surface area (Å²) in [6, 6.07) is 8.06. The lowest BCUT2D eigenvalue weighted by Gasteiger charge is -2.43. The normalized spacial score (nSPS) is 18.7. The molecular formula is C48H76N6O8S. The van der Waals surface area contributed by atoms with Gasteiger partial charge in [0.05, 0.1) is 35.7 Å². The Morgan fingerprint density at radius 1 is 0.873 bits per heavy atom. The summed E-state index contributed by atoms with van der Waals surface area (Å²) in [6.07, 6.45) is 6.83. The van der Waals surface area contributed by atoms with Gasteiger partial charge in [-0.15, -0.1) is 0 Å². The SMILES string of the molecule is CC[C@H](C)[C@@H]([C@@H](CC(=O)N1CCC[C@H]1[C@H](OC)[C@@H](C)C(=S)NCCc1ccccc1)OC)N(C)[C@H](C(=O)NC(=O)[C@H](C(C)C)N(C)C(=O)CCCCCN1C(=O)C=CC1=O)C(C)C. The summed E-state index contributed by atoms with van der Waals surface area (Å²) in [5.41, 5.74) is 1.23. The number of rotatable bonds is 26. The highest BCUT2D eigenvalue weighted by Crippen LogP contribution is 2.31. The van der Waals surface area contributed by atoms with Gasteiger partial charge >= 0.3 is 0 Å². The van der Waals surface area contributed by atoms with Gasteiger partial charge in [-0.1, -0.05) is 104 Å². The molecule has 1 saturated heterocycles. The molecule has 3 rings (SSSR count). The minimum Gasteiger partial charge on any atom is -0.379 e. The van der Waals surface area contributed by atoms with Crippen LogP contribution in [0.15, 0.2) is 42.5 Å². The summed E-state index contributed by atoms with van der Waals surface area (Å²) in [4.78, 5) is 86.7. The van der Waals surface area contributed by atoms with Gasteiger partial charge in [-0.25, -0.2) is 0 Å². The van der Waals surface area contributed by atoms with Crippen LogP contribution in [0.2, 0.25) is 0 Å². The van der Waals surface area contributed by atoms with E-state index in [4.69, 9.17) is 21.7 Å². The summed E-state index contributed by atoms with van der Waals surface area (Å²) >= 11 is 5.84. The van der Waals surface area contributed by atoms with Crippen molar-refractivity contribution in [3.05, 3.63) is 48.0 Å². The number of nitrogens with one attached hydrogen (secondary N) is 2. The van der Waals surface area contributed by atoms with Crippen molar-refractivity contribution in [3.8, 4) is 0 Å². The van der Waals surface area contributed by atoms with E-state index in [1.165, 1.54) is 27.5 Å². The first kappa shape index (κ1) is 53.3. The molecule has 1 aromatic carbocycles. The number of benzene rings is 1. The van der Waals surface area contributed by atoms with Gasteiger partial charge in [-0.05, 0) is 62.5 Å². The van der Waals surface area contributed by atoms with Crippen LogP contribution in [0, 0.1) is 23.7 Å². The van der Waals surface area contributed by atoms with Crippen molar-refractivity contribution >= 4 is 52.6 Å². The molecule has 2 N–H and O–H groups in total. The molecule has 0 spiro atoms. The number of carbonyl (C=O) groups excluding carboxylic acids is 6. The minimum atomic E-state index is -0.897. The molecule has 1 aromatic rings. The predicted octanol–water partition coefficient (Wildman–Crippen LogP) is 5.18. The molecule has 0 saturated carbocycles. The van der Waals surface area contributed by atoms with E-state index in [9.17, 15) is 28.8 Å². The first-order chi connectivity index (χ1) is 29.9. The molecule has 63 heavy (non-hydrogen) atoms. The highest BCUT2D eigenvalue weighted by atomic mass is 32.1. The minimum absolute atomic E-state index is 0.0121. The van der Waals surface area contributed by atoms with E-state index in [2.05, 4.69) is 36.6 Å². The molecule has 0 radical (unpaired) electrons. The Morgan fingerprint density at radius 3 is 2.06 bits per heavy atom. The van der Waals surface area contributed by atoms with Crippen LogP contribution < -0.4 is 10.6 Å². The molecule has 0 unspecified atom stereocenters. The number of methoxy groups -OCH3 is 2. The molecule has 0 aromatic heterocycles. The molecule has 6 amide bonds. The molecule has 8 atom stereocenters. The van der Waals surface area contributed by atoms with E-state index in [0.29, 0.717) is 37.3 Å². The molecule has 1 fully saturated rings. The van der Waals surface area contributed by atoms with Crippen LogP contribution in [0.5, 0.6) is 0 Å². The van der Waals surface area contributed by atoms with Crippen molar-refractivity contribution in [1.29, 1.82) is 0 Å². The third-order valence-electron chi connectivity index (χ3n) is 13.0. The zero-order chi connectivity index (χ0) is 47.0. The van der Waals surface area contributed by atoms with E-state index < -0.39 is 30.0 Å². The number of amides is 6. The smallest absolute Gasteiger partial charge is 0.253 e. The van der Waals surface area contributed by atoms with E-state index in [1.807, 2.05) is 69.7 Å². The Kier molecular flexibility index (Phi) is 22.0. The van der Waals surface area contributed by atoms with Crippen LogP contribution in [-0.4, -0.2) is 144 Å². The summed E-state index contributed by atoms with van der Waals surface area (Å²) in [5.74, 6) is -2.62. The fourth-order valence-corrected chi connectivity index (χ4v) is 9.61. The van der Waals surface area contributed by atoms with Gasteiger partial charge in [0, 0.05) is 71.4 Å². The molecule has 0 bridgehead atoms. The van der Waals surface area contributed by atoms with E-state index in [1.54, 1.807) is 21.3 Å². The van der Waals surface area contributed by atoms with E-state index >= 15 is 0 Å². The number of carbonyl (C=O) groups is 6. The fourth-order valence-electron chi connectivity index (χ4n) is 9.37. The van der Waals surface area contributed by atoms with Gasteiger partial charge < -0.3 is 24.6 Å². The van der Waals surface area contributed by atoms with E-state index in [0.717, 1.165) is 25.7 Å². The molecule has 15 heteroatoms. The monoisotopic (exact) mass is 897 g/mol. The summed E-state index contributed by atoms with van der Waals surface area (Å²) < 4.78 is 12.2. The maximum atomic E-state index is 14.4. The lowest BCUT2D eigenvalue weighted by molar-refractivity contribution is -0.145. The lowest BCUT2D eigenvalue weighted by atomic mass is 9.87. The zero-order valence-corrected chi connectivity index (χ0v) is 40.6. The Labute approximate surface area is 382 Å². The second kappa shape index (κ2) is 26.0. The van der Waals surface area contributed by atoms with Gasteiger partial charge in [0.2, 0.25) is 23.6 Å². The van der Waals surface area contributed by atoms with Crippen molar-refractivity contribution < 1.29 is 38.2 Å². The Hall–Kier alpha value is -4.05. The van der Waals surface area contributed by atoms with Crippen molar-refractivity contribution in [2.75, 3.05) is 47.9 Å². The van der Waals surface area contributed by atoms with Crippen LogP contribution in [0.25, 0.3) is 0 Å². The first-order valence-electron chi connectivity index (χ1n) is 22.9. The molecule has 2 heterocycles. The first-order valence-corrected chi connectivity index (χ1v) is 23.3. The zero-order valence-electron chi connectivity index (χ0n) is 39.8. The highest BCUT2D eigenvalue weighted by molar-refractivity contribution is 7.80. The number of hydrogen-bond acceptors (Lipinski definition) is 10. The molecule has 2 aliphatic rings. The highest BCUT2D eigenvalue weighted by Gasteiger charge is 2.43. The topological polar surface area (TPSA) is 158 Å². The van der Waals surface area contributed by atoms with Crippen LogP contribution in [0.4, 0.5) is 0 Å². The lowest BCUT2D eigenvalue weighted by Crippen LogP contribution is -2.60. The number of nitrogens with zero attached hydrogens (tertiary/aromatic N) is 4. The predicted molar refractivity (Wildman–Crippen MR) is 249 cm³/mol. The third kappa shape index (κ3) is 14.7. The van der Waals surface area contributed by atoms with Gasteiger partial charge in [-0.3, -0.25) is 43.9 Å². The molecule has 14 nitrogen and oxygen atoms in total. The van der Waals surface area contributed by atoms with Crippen molar-refractivity contribution in [3.63, 3.8) is 0 Å². The average Bonchev–Trinajstić information content (AvgIpc) is 3.85. The number of likely N-dealkylation sites (N-methyl/N-ethyl adjacent to an activating group) is 2. The molecular weight excluding hydrogens is 821 g/mol. The quantitative estimate of drug-likeness (QED) is 0.0718. The van der Waals surface area contributed by atoms with Crippen molar-refractivity contribution in [2.45, 2.75) is 143 Å². The summed E-state index contributed by atoms with van der Waals surface area (Å²) in [6.45, 7) is 15.3. The van der Waals surface area contributed by atoms with Gasteiger partial charge in [-0.2, -0.15) is 0 Å². The Balaban J connectivity index is 1.68. The van der Waals surface area contributed by atoms with Gasteiger partial charge in [0.15, 0.2) is 0 Å². The number of hydrogen-bond donors (Lipinski definition) is 2. The van der Waals surface area contributed by atoms with Crippen LogP contribution in [0.3, 0.4) is 0 Å². The number of unbranched alkanes of at least 4 members (excludes halogenated alkanes) is 2. The maximum Gasteiger partial charge on any atom is 0.253 e. The molecule has 2 aliphatic heterocycles. The molecule has 0 aliphatic carbocycles. The van der Waals surface area contributed by atoms with Crippen LogP contribution >= 0.6 is 12.2 Å². The number of likely N-dealkylation sites (tertiary alicyclic amines) is 1. The maximum absolute atomic E-state index is 14.4. The molecule has 352 valence electrons. The van der Waals surface area contributed by atoms with Gasteiger partial charge in [0.1, 0.15) is 6.04 Å². The standard InChI is InChI=1S/C48H76N6O8S/c1-12-33(6)44(37(61-10)30-41(58)53-29-19-22-36(53)45(62-11)34(7)48(63)49-27-26-35-20-15-13-16-21-35)52(9)43(32(4)5)47(60)50-46(59)42(31(2)3)51(8)38(55)23-17-14-18-28-54-39(56)24-25-40(54)57/h13,15-16,20-21,24-25,31-34,36-37,42-45H,12,14,17-19,22-23,26-30H2,1-11H3,(H,49,63)(H,50,59,60)/t33-,34+,36-,37+,42-,43-,44-,45+/m0/s1. The Morgan fingerprint density at radius 2 is 1.49 bits per heavy atom. The second-order valence-corrected chi connectivity index (χ2v) is 18.5. The largest absolute Gasteiger partial charge is 0.379 e. The summed E-state index contributed by atoms with van der Waals surface area (Å²) in [7, 11) is 6.71. The Bertz CT molecular complexity index is 1710. The third-order valence-corrected chi connectivity index (χ3v) is 13.5. The van der Waals surface area contributed by atoms with E-state index in [-0.39, 0.29) is 84.9 Å². The number of imide groups is 2. The average molecular weight is 897 g/mol. The van der Waals surface area contributed by atoms with Gasteiger partial charge in [0.25, 0.3) is 11.8 Å². The fraction of sp³-hybridized carbons (Fsp3) is 0.688.